The van der Waals surface area contributed by atoms with Crippen molar-refractivity contribution < 1.29 is 0 Å². The normalized spacial score (nSPS) is 12.2. The molecule has 4 nitrogen and oxygen atoms in total. The predicted octanol–water partition coefficient (Wildman–Crippen LogP) is 7.08. The summed E-state index contributed by atoms with van der Waals surface area (Å²) in [5.41, 5.74) is 8.91. The first-order chi connectivity index (χ1) is 12.2. The predicted molar refractivity (Wildman–Crippen MR) is 108 cm³/mol. The highest BCUT2D eigenvalue weighted by Crippen LogP contribution is 2.31. The number of benzene rings is 1. The molecule has 0 saturated carbocycles. The minimum atomic E-state index is 0.531. The van der Waals surface area contributed by atoms with Gasteiger partial charge < -0.3 is 4.57 Å². The van der Waals surface area contributed by atoms with Gasteiger partial charge in [0.1, 0.15) is 5.69 Å². The Hall–Kier alpha value is -1.20. The molecule has 25 heavy (non-hydrogen) atoms. The molecule has 0 bridgehead atoms. The number of aromatic nitrogens is 1. The van der Waals surface area contributed by atoms with Crippen LogP contribution in [0.25, 0.3) is 10.2 Å². The minimum absolute atomic E-state index is 0.531. The molecule has 0 amide bonds. The van der Waals surface area contributed by atoms with Gasteiger partial charge in [0.05, 0.1) is 15.2 Å². The molecule has 6 heteroatoms. The summed E-state index contributed by atoms with van der Waals surface area (Å²) in [4.78, 5) is 5.93. The van der Waals surface area contributed by atoms with E-state index in [1.807, 2.05) is 12.1 Å². The smallest absolute Gasteiger partial charge is 0.185 e. The van der Waals surface area contributed by atoms with Gasteiger partial charge in [0.25, 0.3) is 0 Å². The molecule has 0 radical (unpaired) electrons. The fourth-order valence-electron chi connectivity index (χ4n) is 2.91. The molecule has 1 heterocycles. The molecule has 138 valence electrons. The van der Waals surface area contributed by atoms with Gasteiger partial charge in [0.15, 0.2) is 4.80 Å². The summed E-state index contributed by atoms with van der Waals surface area (Å²) in [6.45, 7) is 6.31. The number of nitrogens with one attached hydrogen (secondary N) is 1. The van der Waals surface area contributed by atoms with Gasteiger partial charge in [0, 0.05) is 13.1 Å². The van der Waals surface area contributed by atoms with E-state index in [9.17, 15) is 0 Å². The van der Waals surface area contributed by atoms with Crippen molar-refractivity contribution in [3.63, 3.8) is 0 Å². The van der Waals surface area contributed by atoms with Gasteiger partial charge in [-0.3, -0.25) is 4.99 Å². The Morgan fingerprint density at radius 2 is 1.76 bits per heavy atom. The number of fused-ring (bicyclic) bond motifs is 1. The molecule has 0 aliphatic heterocycles. The fourth-order valence-corrected chi connectivity index (χ4v) is 4.21. The Morgan fingerprint density at radius 1 is 1.04 bits per heavy atom. The zero-order valence-corrected chi connectivity index (χ0v) is 16.9. The lowest BCUT2D eigenvalue weighted by Gasteiger charge is -2.06. The molecule has 0 unspecified atom stereocenters. The van der Waals surface area contributed by atoms with E-state index in [2.05, 4.69) is 23.5 Å². The highest BCUT2D eigenvalue weighted by Gasteiger charge is 2.10. The highest BCUT2D eigenvalue weighted by molar-refractivity contribution is 7.16. The van der Waals surface area contributed by atoms with Crippen LogP contribution in [0.2, 0.25) is 5.02 Å². The molecule has 0 aliphatic carbocycles. The van der Waals surface area contributed by atoms with Crippen LogP contribution < -0.4 is 4.80 Å². The van der Waals surface area contributed by atoms with Gasteiger partial charge in [-0.2, -0.15) is 5.11 Å². The topological polar surface area (TPSA) is 53.5 Å². The number of unbranched alkanes of at least 4 members (excludes halogenated alkanes) is 6. The number of hydrogen-bond donors (Lipinski definition) is 1. The molecule has 2 aromatic rings. The molecule has 0 spiro atoms. The standard InChI is InChI=1S/C19H29ClN4S/c1-3-5-7-9-11-22-19-24(12-10-8-6-4-2)17-13-15(20)16(23-21)14-18(17)25-19/h13-14,21H,3-12H2,1-2H3. The maximum atomic E-state index is 7.27. The monoisotopic (exact) mass is 380 g/mol. The molecule has 1 N–H and O–H groups in total. The Morgan fingerprint density at radius 3 is 2.44 bits per heavy atom. The van der Waals surface area contributed by atoms with Gasteiger partial charge in [-0.05, 0) is 25.0 Å². The van der Waals surface area contributed by atoms with E-state index in [1.165, 1.54) is 38.5 Å². The van der Waals surface area contributed by atoms with Crippen LogP contribution in [0, 0.1) is 5.53 Å². The summed E-state index contributed by atoms with van der Waals surface area (Å²) in [7, 11) is 0. The van der Waals surface area contributed by atoms with E-state index < -0.39 is 0 Å². The van der Waals surface area contributed by atoms with E-state index in [-0.39, 0.29) is 0 Å². The Bertz CT molecular complexity index is 748. The average Bonchev–Trinajstić information content (AvgIpc) is 2.94. The fraction of sp³-hybridized carbons (Fsp3) is 0.632. The quantitative estimate of drug-likeness (QED) is 0.320. The molecule has 0 aliphatic rings. The van der Waals surface area contributed by atoms with Crippen LogP contribution in [0.1, 0.15) is 65.2 Å². The Kier molecular flexibility index (Phi) is 8.62. The van der Waals surface area contributed by atoms with E-state index in [0.29, 0.717) is 10.7 Å². The van der Waals surface area contributed by atoms with Crippen LogP contribution in [-0.2, 0) is 6.54 Å². The summed E-state index contributed by atoms with van der Waals surface area (Å²) in [6, 6.07) is 3.85. The van der Waals surface area contributed by atoms with Crippen molar-refractivity contribution in [2.75, 3.05) is 6.54 Å². The lowest BCUT2D eigenvalue weighted by atomic mass is 10.2. The van der Waals surface area contributed by atoms with Crippen molar-refractivity contribution in [1.29, 1.82) is 5.53 Å². The van der Waals surface area contributed by atoms with Crippen LogP contribution >= 0.6 is 22.9 Å². The third-order valence-corrected chi connectivity index (χ3v) is 5.75. The maximum absolute atomic E-state index is 7.27. The van der Waals surface area contributed by atoms with Crippen molar-refractivity contribution in [3.05, 3.63) is 22.0 Å². The second-order valence-electron chi connectivity index (χ2n) is 6.42. The Labute approximate surface area is 159 Å². The molecule has 0 fully saturated rings. The van der Waals surface area contributed by atoms with Gasteiger partial charge in [-0.25, -0.2) is 5.53 Å². The van der Waals surface area contributed by atoms with Crippen LogP contribution in [0.15, 0.2) is 22.2 Å². The molecule has 0 atom stereocenters. The summed E-state index contributed by atoms with van der Waals surface area (Å²) < 4.78 is 3.41. The van der Waals surface area contributed by atoms with Crippen LogP contribution in [0.5, 0.6) is 0 Å². The first-order valence-corrected chi connectivity index (χ1v) is 10.6. The SMILES string of the molecule is CCCCCCN=c1sc2cc(N=N)c(Cl)cc2n1CCCCCC. The Balaban J connectivity index is 2.29. The zero-order valence-electron chi connectivity index (χ0n) is 15.4. The number of nitrogens with zero attached hydrogens (tertiary/aromatic N) is 3. The molecular weight excluding hydrogens is 352 g/mol. The zero-order chi connectivity index (χ0) is 18.1. The van der Waals surface area contributed by atoms with E-state index in [4.69, 9.17) is 22.1 Å². The second-order valence-corrected chi connectivity index (χ2v) is 7.84. The molecule has 1 aromatic carbocycles. The summed E-state index contributed by atoms with van der Waals surface area (Å²) >= 11 is 7.96. The van der Waals surface area contributed by atoms with Gasteiger partial charge in [-0.15, -0.1) is 0 Å². The van der Waals surface area contributed by atoms with Crippen molar-refractivity contribution in [2.45, 2.75) is 71.8 Å². The molecule has 2 rings (SSSR count). The summed E-state index contributed by atoms with van der Waals surface area (Å²) in [6.07, 6.45) is 9.83. The van der Waals surface area contributed by atoms with E-state index in [1.54, 1.807) is 11.3 Å². The summed E-state index contributed by atoms with van der Waals surface area (Å²) in [5.74, 6) is 0. The highest BCUT2D eigenvalue weighted by atomic mass is 35.5. The van der Waals surface area contributed by atoms with Crippen LogP contribution in [-0.4, -0.2) is 11.1 Å². The largest absolute Gasteiger partial charge is 0.317 e. The number of hydrogen-bond acceptors (Lipinski definition) is 4. The number of halogens is 1. The molecule has 1 aromatic heterocycles. The lowest BCUT2D eigenvalue weighted by Crippen LogP contribution is -2.15. The second kappa shape index (κ2) is 10.7. The van der Waals surface area contributed by atoms with Crippen LogP contribution in [0.4, 0.5) is 5.69 Å². The first-order valence-electron chi connectivity index (χ1n) is 9.42. The van der Waals surface area contributed by atoms with Gasteiger partial charge in [0.2, 0.25) is 0 Å². The average molecular weight is 381 g/mol. The van der Waals surface area contributed by atoms with Gasteiger partial charge >= 0.3 is 0 Å². The van der Waals surface area contributed by atoms with Crippen LogP contribution in [0.3, 0.4) is 0 Å². The third-order valence-electron chi connectivity index (χ3n) is 4.37. The van der Waals surface area contributed by atoms with Crippen molar-refractivity contribution in [1.82, 2.24) is 4.57 Å². The maximum Gasteiger partial charge on any atom is 0.185 e. The molecule has 0 saturated heterocycles. The van der Waals surface area contributed by atoms with Crippen molar-refractivity contribution in [3.8, 4) is 0 Å². The number of thiazole rings is 1. The van der Waals surface area contributed by atoms with Crippen molar-refractivity contribution >= 4 is 38.8 Å². The third kappa shape index (κ3) is 5.65. The van der Waals surface area contributed by atoms with Crippen molar-refractivity contribution in [2.24, 2.45) is 10.1 Å². The van der Waals surface area contributed by atoms with Gasteiger partial charge in [-0.1, -0.05) is 75.3 Å². The number of rotatable bonds is 11. The first kappa shape index (κ1) is 20.1. The van der Waals surface area contributed by atoms with E-state index >= 15 is 0 Å². The lowest BCUT2D eigenvalue weighted by molar-refractivity contribution is 0.580. The van der Waals surface area contributed by atoms with E-state index in [0.717, 1.165) is 40.9 Å². The number of aryl methyl sites for hydroxylation is 1. The minimum Gasteiger partial charge on any atom is -0.317 e. The molecular formula is C19H29ClN4S. The summed E-state index contributed by atoms with van der Waals surface area (Å²) in [5, 5.41) is 4.07.